The first-order valence-electron chi connectivity index (χ1n) is 6.34. The third-order valence-corrected chi connectivity index (χ3v) is 4.39. The monoisotopic (exact) mass is 335 g/mol. The molecule has 8 heteroatoms. The van der Waals surface area contributed by atoms with Crippen molar-refractivity contribution in [1.82, 2.24) is 10.3 Å². The van der Waals surface area contributed by atoms with Crippen LogP contribution >= 0.6 is 22.9 Å². The van der Waals surface area contributed by atoms with Crippen LogP contribution in [0.5, 0.6) is 0 Å². The Labute approximate surface area is 134 Å². The van der Waals surface area contributed by atoms with Gasteiger partial charge in [-0.3, -0.25) is 9.59 Å². The van der Waals surface area contributed by atoms with Gasteiger partial charge in [-0.1, -0.05) is 17.7 Å². The summed E-state index contributed by atoms with van der Waals surface area (Å²) in [7, 11) is 1.41. The second-order valence-corrected chi connectivity index (χ2v) is 5.88. The molecule has 0 spiro atoms. The molecule has 1 unspecified atom stereocenters. The fraction of sp³-hybridized carbons (Fsp3) is 0.143. The number of nitrogens with one attached hydrogen (secondary N) is 1. The van der Waals surface area contributed by atoms with Crippen molar-refractivity contribution < 1.29 is 14.4 Å². The molecule has 2 aromatic heterocycles. The number of anilines is 1. The number of urea groups is 1. The maximum atomic E-state index is 12.6. The van der Waals surface area contributed by atoms with Crippen LogP contribution in [0.4, 0.5) is 10.5 Å². The van der Waals surface area contributed by atoms with E-state index in [9.17, 15) is 14.4 Å². The number of thiophene rings is 1. The average Bonchev–Trinajstić information content (AvgIpc) is 3.11. The van der Waals surface area contributed by atoms with Crippen molar-refractivity contribution in [2.75, 3.05) is 11.9 Å². The molecule has 1 aliphatic rings. The van der Waals surface area contributed by atoms with Crippen molar-refractivity contribution in [2.45, 2.75) is 5.92 Å². The number of carbonyl (C=O) groups excluding carboxylic acids is 3. The molecule has 0 fully saturated rings. The highest BCUT2D eigenvalue weighted by molar-refractivity contribution is 7.12. The fourth-order valence-corrected chi connectivity index (χ4v) is 3.18. The summed E-state index contributed by atoms with van der Waals surface area (Å²) in [5.41, 5.74) is 0.489. The number of aromatic nitrogens is 1. The molecular formula is C14H10ClN3O3S. The quantitative estimate of drug-likeness (QED) is 0.519. The molecule has 2 aromatic rings. The van der Waals surface area contributed by atoms with E-state index in [0.717, 1.165) is 4.90 Å². The number of rotatable bonds is 2. The molecule has 6 nitrogen and oxygen atoms in total. The van der Waals surface area contributed by atoms with Crippen molar-refractivity contribution in [3.63, 3.8) is 0 Å². The maximum absolute atomic E-state index is 12.6. The molecule has 0 saturated heterocycles. The van der Waals surface area contributed by atoms with E-state index < -0.39 is 17.9 Å². The van der Waals surface area contributed by atoms with Crippen LogP contribution < -0.4 is 10.2 Å². The van der Waals surface area contributed by atoms with E-state index in [-0.39, 0.29) is 22.3 Å². The molecule has 3 amide bonds. The van der Waals surface area contributed by atoms with Gasteiger partial charge in [-0.2, -0.15) is 0 Å². The number of Topliss-reactive ketones (excluding diaryl/α,β-unsaturated/α-hetero) is 1. The summed E-state index contributed by atoms with van der Waals surface area (Å²) in [5.74, 6) is -2.16. The van der Waals surface area contributed by atoms with Gasteiger partial charge in [-0.25, -0.2) is 14.7 Å². The normalized spacial score (nSPS) is 16.5. The number of pyridine rings is 1. The van der Waals surface area contributed by atoms with Crippen LogP contribution in [0.15, 0.2) is 29.6 Å². The zero-order chi connectivity index (χ0) is 15.9. The second-order valence-electron chi connectivity index (χ2n) is 4.54. The zero-order valence-corrected chi connectivity index (χ0v) is 12.9. The van der Waals surface area contributed by atoms with E-state index >= 15 is 0 Å². The Balaban J connectivity index is 2.12. The standard InChI is InChI=1S/C14H10ClN3O3S/c1-16-14(21)18-7-4-5-9(15)17-11(7)10(13(18)20)12(19)8-3-2-6-22-8/h2-6,10H,1H3,(H,16,21). The molecule has 3 heterocycles. The minimum absolute atomic E-state index is 0.161. The van der Waals surface area contributed by atoms with E-state index in [4.69, 9.17) is 11.6 Å². The van der Waals surface area contributed by atoms with Gasteiger partial charge in [0.1, 0.15) is 11.1 Å². The summed E-state index contributed by atoms with van der Waals surface area (Å²) in [4.78, 5) is 42.6. The highest BCUT2D eigenvalue weighted by Gasteiger charge is 2.46. The third-order valence-electron chi connectivity index (χ3n) is 3.29. The summed E-state index contributed by atoms with van der Waals surface area (Å²) < 4.78 is 0. The fourth-order valence-electron chi connectivity index (χ4n) is 2.33. The molecule has 112 valence electrons. The number of carbonyl (C=O) groups is 3. The van der Waals surface area contributed by atoms with Gasteiger partial charge in [0.05, 0.1) is 16.3 Å². The van der Waals surface area contributed by atoms with Crippen LogP contribution in [0.1, 0.15) is 21.3 Å². The van der Waals surface area contributed by atoms with Crippen molar-refractivity contribution in [2.24, 2.45) is 0 Å². The van der Waals surface area contributed by atoms with E-state index in [2.05, 4.69) is 10.3 Å². The highest BCUT2D eigenvalue weighted by atomic mass is 35.5. The van der Waals surface area contributed by atoms with Crippen LogP contribution in [0.2, 0.25) is 5.15 Å². The topological polar surface area (TPSA) is 79.4 Å². The smallest absolute Gasteiger partial charge is 0.328 e. The van der Waals surface area contributed by atoms with Crippen molar-refractivity contribution in [3.8, 4) is 0 Å². The maximum Gasteiger partial charge on any atom is 0.328 e. The van der Waals surface area contributed by atoms with Crippen molar-refractivity contribution in [1.29, 1.82) is 0 Å². The average molecular weight is 336 g/mol. The van der Waals surface area contributed by atoms with E-state index in [0.29, 0.717) is 4.88 Å². The van der Waals surface area contributed by atoms with Crippen LogP contribution in [-0.2, 0) is 4.79 Å². The number of hydrogen-bond acceptors (Lipinski definition) is 5. The molecule has 0 radical (unpaired) electrons. The number of fused-ring (bicyclic) bond motifs is 1. The first-order chi connectivity index (χ1) is 10.5. The first kappa shape index (κ1) is 14.7. The predicted octanol–water partition coefficient (Wildman–Crippen LogP) is 2.45. The molecule has 1 atom stereocenters. The van der Waals surface area contributed by atoms with Gasteiger partial charge in [0, 0.05) is 7.05 Å². The molecule has 0 saturated carbocycles. The Kier molecular flexibility index (Phi) is 3.67. The predicted molar refractivity (Wildman–Crippen MR) is 82.6 cm³/mol. The van der Waals surface area contributed by atoms with Crippen LogP contribution in [0.25, 0.3) is 0 Å². The first-order valence-corrected chi connectivity index (χ1v) is 7.60. The number of ketones is 1. The number of halogens is 1. The summed E-state index contributed by atoms with van der Waals surface area (Å²) in [5, 5.41) is 4.29. The lowest BCUT2D eigenvalue weighted by Gasteiger charge is -2.14. The Morgan fingerprint density at radius 3 is 2.77 bits per heavy atom. The number of amides is 3. The molecule has 1 aliphatic heterocycles. The zero-order valence-electron chi connectivity index (χ0n) is 11.4. The van der Waals surface area contributed by atoms with Crippen molar-refractivity contribution >= 4 is 46.3 Å². The number of imide groups is 1. The summed E-state index contributed by atoms with van der Waals surface area (Å²) in [6, 6.07) is 5.73. The van der Waals surface area contributed by atoms with Crippen LogP contribution in [0, 0.1) is 0 Å². The van der Waals surface area contributed by atoms with Gasteiger partial charge >= 0.3 is 6.03 Å². The molecule has 22 heavy (non-hydrogen) atoms. The highest BCUT2D eigenvalue weighted by Crippen LogP contribution is 2.39. The SMILES string of the molecule is CNC(=O)N1C(=O)C(C(=O)c2cccs2)c2nc(Cl)ccc21. The van der Waals surface area contributed by atoms with E-state index in [1.165, 1.54) is 30.5 Å². The van der Waals surface area contributed by atoms with E-state index in [1.807, 2.05) is 0 Å². The van der Waals surface area contributed by atoms with Gasteiger partial charge in [-0.05, 0) is 23.6 Å². The molecule has 0 aromatic carbocycles. The Bertz CT molecular complexity index is 776. The van der Waals surface area contributed by atoms with Gasteiger partial charge in [0.25, 0.3) is 5.91 Å². The molecular weight excluding hydrogens is 326 g/mol. The minimum atomic E-state index is -1.15. The van der Waals surface area contributed by atoms with Crippen molar-refractivity contribution in [3.05, 3.63) is 45.4 Å². The van der Waals surface area contributed by atoms with Gasteiger partial charge < -0.3 is 5.32 Å². The Hall–Kier alpha value is -2.25. The Morgan fingerprint density at radius 1 is 1.36 bits per heavy atom. The van der Waals surface area contributed by atoms with Gasteiger partial charge in [-0.15, -0.1) is 11.3 Å². The van der Waals surface area contributed by atoms with Gasteiger partial charge in [0.2, 0.25) is 0 Å². The molecule has 0 bridgehead atoms. The van der Waals surface area contributed by atoms with Crippen LogP contribution in [0.3, 0.4) is 0 Å². The lowest BCUT2D eigenvalue weighted by Crippen LogP contribution is -2.42. The minimum Gasteiger partial charge on any atom is -0.340 e. The van der Waals surface area contributed by atoms with Crippen LogP contribution in [-0.4, -0.2) is 29.8 Å². The summed E-state index contributed by atoms with van der Waals surface area (Å²) >= 11 is 7.11. The summed E-state index contributed by atoms with van der Waals surface area (Å²) in [6.07, 6.45) is 0. The third kappa shape index (κ3) is 2.18. The molecule has 0 aliphatic carbocycles. The second kappa shape index (κ2) is 5.51. The van der Waals surface area contributed by atoms with E-state index in [1.54, 1.807) is 17.5 Å². The molecule has 1 N–H and O–H groups in total. The largest absolute Gasteiger partial charge is 0.340 e. The lowest BCUT2D eigenvalue weighted by molar-refractivity contribution is -0.117. The lowest BCUT2D eigenvalue weighted by atomic mass is 10.00. The summed E-state index contributed by atoms with van der Waals surface area (Å²) in [6.45, 7) is 0. The number of hydrogen-bond donors (Lipinski definition) is 1. The van der Waals surface area contributed by atoms with Gasteiger partial charge in [0.15, 0.2) is 5.78 Å². The number of nitrogens with zero attached hydrogens (tertiary/aromatic N) is 2. The molecule has 3 rings (SSSR count). The Morgan fingerprint density at radius 2 is 2.14 bits per heavy atom.